The second-order valence-corrected chi connectivity index (χ2v) is 6.03. The highest BCUT2D eigenvalue weighted by Crippen LogP contribution is 2.34. The average molecular weight is 395 g/mol. The van der Waals surface area contributed by atoms with Crippen molar-refractivity contribution in [2.75, 3.05) is 11.9 Å². The molecule has 0 aliphatic carbocycles. The van der Waals surface area contributed by atoms with Gasteiger partial charge in [-0.05, 0) is 37.6 Å². The highest BCUT2D eigenvalue weighted by Gasteiger charge is 2.34. The lowest BCUT2D eigenvalue weighted by Crippen LogP contribution is -2.31. The number of amides is 1. The van der Waals surface area contributed by atoms with Crippen LogP contribution >= 0.6 is 0 Å². The Morgan fingerprint density at radius 3 is 2.39 bits per heavy atom. The van der Waals surface area contributed by atoms with Gasteiger partial charge in [-0.1, -0.05) is 30.3 Å². The number of rotatable bonds is 7. The normalized spacial score (nSPS) is 12.2. The maximum absolute atomic E-state index is 13.0. The Morgan fingerprint density at radius 1 is 1.07 bits per heavy atom. The molecule has 0 fully saturated rings. The second kappa shape index (κ2) is 9.25. The Balaban J connectivity index is 1.85. The molecule has 0 radical (unpaired) electrons. The minimum Gasteiger partial charge on any atom is -0.493 e. The first-order chi connectivity index (χ1) is 13.2. The van der Waals surface area contributed by atoms with Crippen LogP contribution in [0.2, 0.25) is 0 Å². The number of hydrogen-bond donors (Lipinski definition) is 1. The number of benzene rings is 2. The Morgan fingerprint density at radius 2 is 1.71 bits per heavy atom. The molecule has 1 N–H and O–H groups in total. The van der Waals surface area contributed by atoms with Crippen LogP contribution in [0.1, 0.15) is 24.5 Å². The maximum Gasteiger partial charge on any atom is 0.418 e. The summed E-state index contributed by atoms with van der Waals surface area (Å²) in [5.41, 5.74) is -0.466. The van der Waals surface area contributed by atoms with Crippen LogP contribution in [-0.2, 0) is 20.5 Å². The van der Waals surface area contributed by atoms with E-state index < -0.39 is 35.4 Å². The van der Waals surface area contributed by atoms with E-state index in [-0.39, 0.29) is 13.0 Å². The van der Waals surface area contributed by atoms with Gasteiger partial charge in [-0.15, -0.1) is 0 Å². The number of para-hydroxylation sites is 2. The monoisotopic (exact) mass is 395 g/mol. The first kappa shape index (κ1) is 21.3. The zero-order valence-electron chi connectivity index (χ0n) is 15.4. The zero-order chi connectivity index (χ0) is 20.7. The number of carbonyl (C=O) groups excluding carboxylic acids is 2. The van der Waals surface area contributed by atoms with Crippen LogP contribution < -0.4 is 10.1 Å². The largest absolute Gasteiger partial charge is 0.493 e. The molecule has 2 aromatic carbocycles. The number of esters is 1. The van der Waals surface area contributed by atoms with Crippen molar-refractivity contribution in [1.82, 2.24) is 0 Å². The van der Waals surface area contributed by atoms with Gasteiger partial charge < -0.3 is 14.8 Å². The molecule has 0 aromatic heterocycles. The van der Waals surface area contributed by atoms with Gasteiger partial charge in [0.15, 0.2) is 6.10 Å². The number of ether oxygens (including phenoxy) is 2. The fourth-order valence-corrected chi connectivity index (χ4v) is 2.35. The molecule has 1 amide bonds. The molecule has 5 nitrogen and oxygen atoms in total. The molecular weight excluding hydrogens is 375 g/mol. The number of alkyl halides is 3. The zero-order valence-corrected chi connectivity index (χ0v) is 15.4. The Hall–Kier alpha value is -3.03. The summed E-state index contributed by atoms with van der Waals surface area (Å²) in [7, 11) is 0. The smallest absolute Gasteiger partial charge is 0.418 e. The molecule has 28 heavy (non-hydrogen) atoms. The van der Waals surface area contributed by atoms with E-state index in [0.717, 1.165) is 17.7 Å². The van der Waals surface area contributed by atoms with Gasteiger partial charge in [-0.25, -0.2) is 0 Å². The van der Waals surface area contributed by atoms with Crippen LogP contribution in [0.5, 0.6) is 5.75 Å². The van der Waals surface area contributed by atoms with E-state index in [4.69, 9.17) is 9.47 Å². The molecule has 0 bridgehead atoms. The molecule has 1 atom stereocenters. The fourth-order valence-electron chi connectivity index (χ4n) is 2.35. The van der Waals surface area contributed by atoms with E-state index >= 15 is 0 Å². The van der Waals surface area contributed by atoms with Gasteiger partial charge in [0.1, 0.15) is 5.75 Å². The van der Waals surface area contributed by atoms with Gasteiger partial charge >= 0.3 is 12.1 Å². The summed E-state index contributed by atoms with van der Waals surface area (Å²) in [5.74, 6) is -0.921. The lowest BCUT2D eigenvalue weighted by atomic mass is 10.1. The van der Waals surface area contributed by atoms with Crippen LogP contribution in [0.3, 0.4) is 0 Å². The van der Waals surface area contributed by atoms with Gasteiger partial charge in [0.05, 0.1) is 24.3 Å². The molecule has 8 heteroatoms. The van der Waals surface area contributed by atoms with E-state index in [1.807, 2.05) is 19.1 Å². The van der Waals surface area contributed by atoms with Crippen molar-refractivity contribution >= 4 is 17.6 Å². The third-order valence-corrected chi connectivity index (χ3v) is 3.83. The van der Waals surface area contributed by atoms with Crippen molar-refractivity contribution in [3.8, 4) is 5.75 Å². The Labute approximate surface area is 160 Å². The topological polar surface area (TPSA) is 64.6 Å². The lowest BCUT2D eigenvalue weighted by Gasteiger charge is -2.17. The number of aryl methyl sites for hydroxylation is 1. The van der Waals surface area contributed by atoms with Crippen LogP contribution in [0.15, 0.2) is 48.5 Å². The van der Waals surface area contributed by atoms with Crippen molar-refractivity contribution < 1.29 is 32.2 Å². The molecular formula is C20H20F3NO4. The average Bonchev–Trinajstić information content (AvgIpc) is 2.62. The van der Waals surface area contributed by atoms with Crippen LogP contribution in [-0.4, -0.2) is 24.6 Å². The Kier molecular flexibility index (Phi) is 7.03. The highest BCUT2D eigenvalue weighted by atomic mass is 19.4. The van der Waals surface area contributed by atoms with Crippen molar-refractivity contribution in [3.63, 3.8) is 0 Å². The molecule has 150 valence electrons. The van der Waals surface area contributed by atoms with E-state index in [0.29, 0.717) is 5.75 Å². The quantitative estimate of drug-likeness (QED) is 0.708. The first-order valence-electron chi connectivity index (χ1n) is 8.53. The van der Waals surface area contributed by atoms with Gasteiger partial charge in [0, 0.05) is 0 Å². The summed E-state index contributed by atoms with van der Waals surface area (Å²) in [6.07, 6.45) is -5.98. The Bertz CT molecular complexity index is 836. The molecule has 2 rings (SSSR count). The van der Waals surface area contributed by atoms with E-state index in [2.05, 4.69) is 5.32 Å². The SMILES string of the molecule is Cc1ccccc1OCCC(=O)OC(C)C(=O)Nc1ccccc1C(F)(F)F. The van der Waals surface area contributed by atoms with Gasteiger partial charge in [-0.3, -0.25) is 9.59 Å². The van der Waals surface area contributed by atoms with Gasteiger partial charge in [-0.2, -0.15) is 13.2 Å². The van der Waals surface area contributed by atoms with Crippen LogP contribution in [0, 0.1) is 6.92 Å². The van der Waals surface area contributed by atoms with Crippen molar-refractivity contribution in [1.29, 1.82) is 0 Å². The van der Waals surface area contributed by atoms with Crippen LogP contribution in [0.4, 0.5) is 18.9 Å². The maximum atomic E-state index is 13.0. The van der Waals surface area contributed by atoms with Crippen molar-refractivity contribution in [2.24, 2.45) is 0 Å². The van der Waals surface area contributed by atoms with E-state index in [9.17, 15) is 22.8 Å². The number of nitrogens with one attached hydrogen (secondary N) is 1. The third-order valence-electron chi connectivity index (χ3n) is 3.83. The first-order valence-corrected chi connectivity index (χ1v) is 8.53. The third kappa shape index (κ3) is 6.00. The molecule has 0 heterocycles. The molecule has 0 saturated carbocycles. The lowest BCUT2D eigenvalue weighted by molar-refractivity contribution is -0.153. The predicted octanol–water partition coefficient (Wildman–Crippen LogP) is 4.35. The standard InChI is InChI=1S/C20H20F3NO4/c1-13-7-3-6-10-17(13)27-12-11-18(25)28-14(2)19(26)24-16-9-5-4-8-15(16)20(21,22)23/h3-10,14H,11-12H2,1-2H3,(H,24,26). The number of hydrogen-bond acceptors (Lipinski definition) is 4. The van der Waals surface area contributed by atoms with Crippen LogP contribution in [0.25, 0.3) is 0 Å². The van der Waals surface area contributed by atoms with Crippen molar-refractivity contribution in [2.45, 2.75) is 32.5 Å². The summed E-state index contributed by atoms with van der Waals surface area (Å²) < 4.78 is 49.3. The number of anilines is 1. The predicted molar refractivity (Wildman–Crippen MR) is 96.9 cm³/mol. The summed E-state index contributed by atoms with van der Waals surface area (Å²) in [6.45, 7) is 3.19. The number of carbonyl (C=O) groups is 2. The molecule has 2 aromatic rings. The highest BCUT2D eigenvalue weighted by molar-refractivity contribution is 5.95. The molecule has 0 spiro atoms. The molecule has 0 aliphatic heterocycles. The summed E-state index contributed by atoms with van der Waals surface area (Å²) in [5, 5.41) is 2.14. The van der Waals surface area contributed by atoms with E-state index in [1.165, 1.54) is 19.1 Å². The van der Waals surface area contributed by atoms with Crippen molar-refractivity contribution in [3.05, 3.63) is 59.7 Å². The minimum absolute atomic E-state index is 0.0505. The second-order valence-electron chi connectivity index (χ2n) is 6.03. The molecule has 0 aliphatic rings. The minimum atomic E-state index is -4.61. The number of halogens is 3. The molecule has 1 unspecified atom stereocenters. The fraction of sp³-hybridized carbons (Fsp3) is 0.300. The van der Waals surface area contributed by atoms with E-state index in [1.54, 1.807) is 12.1 Å². The van der Waals surface area contributed by atoms with Gasteiger partial charge in [0.2, 0.25) is 0 Å². The summed E-state index contributed by atoms with van der Waals surface area (Å²) in [6, 6.07) is 11.8. The summed E-state index contributed by atoms with van der Waals surface area (Å²) >= 11 is 0. The molecule has 0 saturated heterocycles. The van der Waals surface area contributed by atoms with Gasteiger partial charge in [0.25, 0.3) is 5.91 Å². The summed E-state index contributed by atoms with van der Waals surface area (Å²) in [4.78, 5) is 23.9.